The summed E-state index contributed by atoms with van der Waals surface area (Å²) in [4.78, 5) is 49.1. The van der Waals surface area contributed by atoms with Crippen LogP contribution in [-0.2, 0) is 0 Å². The fraction of sp³-hybridized carbons (Fsp3) is 0.429. The van der Waals surface area contributed by atoms with Crippen LogP contribution in [0.4, 0.5) is 5.95 Å². The number of hydrogen-bond acceptors (Lipinski definition) is 9. The Bertz CT molecular complexity index is 1190. The van der Waals surface area contributed by atoms with Crippen molar-refractivity contribution < 1.29 is 14.3 Å². The maximum Gasteiger partial charge on any atom is 0.320 e. The van der Waals surface area contributed by atoms with E-state index in [1.54, 1.807) is 9.80 Å². The lowest BCUT2D eigenvalue weighted by molar-refractivity contribution is 0.0698. The number of carbonyl (C=O) groups excluding carboxylic acids is 1. The molecule has 0 bridgehead atoms. The summed E-state index contributed by atoms with van der Waals surface area (Å²) >= 11 is 0. The molecule has 0 aliphatic carbocycles. The number of hydrogen-bond donors (Lipinski definition) is 1. The molecular formula is C21H25N7O4. The second-order valence-electron chi connectivity index (χ2n) is 7.79. The molecule has 0 unspecified atom stereocenters. The number of piperidine rings is 1. The van der Waals surface area contributed by atoms with E-state index in [1.807, 2.05) is 20.2 Å². The van der Waals surface area contributed by atoms with Crippen molar-refractivity contribution in [2.75, 3.05) is 46.3 Å². The van der Waals surface area contributed by atoms with Crippen LogP contribution in [0.2, 0.25) is 0 Å². The molecule has 32 heavy (non-hydrogen) atoms. The topological polar surface area (TPSA) is 126 Å². The van der Waals surface area contributed by atoms with Gasteiger partial charge in [0, 0.05) is 51.1 Å². The highest BCUT2D eigenvalue weighted by Gasteiger charge is 2.28. The van der Waals surface area contributed by atoms with Gasteiger partial charge in [-0.3, -0.25) is 9.59 Å². The van der Waals surface area contributed by atoms with Gasteiger partial charge >= 0.3 is 6.01 Å². The van der Waals surface area contributed by atoms with Gasteiger partial charge < -0.3 is 24.3 Å². The molecule has 1 amide bonds. The summed E-state index contributed by atoms with van der Waals surface area (Å²) in [6, 6.07) is 3.43. The van der Waals surface area contributed by atoms with Gasteiger partial charge in [0.15, 0.2) is 0 Å². The zero-order valence-corrected chi connectivity index (χ0v) is 18.5. The third-order valence-corrected chi connectivity index (χ3v) is 5.44. The SMILES string of the molecule is COc1cc(C(=O)N2CCC[C@@H](c3cc4nc(N(C)C)ncc4c(=O)[nH]3)C2)nc(OC)n1. The fourth-order valence-corrected chi connectivity index (χ4v) is 3.77. The van der Waals surface area contributed by atoms with Crippen molar-refractivity contribution in [2.45, 2.75) is 18.8 Å². The average molecular weight is 439 g/mol. The van der Waals surface area contributed by atoms with Gasteiger partial charge in [0.2, 0.25) is 11.8 Å². The Morgan fingerprint density at radius 1 is 1.19 bits per heavy atom. The van der Waals surface area contributed by atoms with E-state index in [0.29, 0.717) is 29.9 Å². The molecule has 1 N–H and O–H groups in total. The Labute approximate surface area is 184 Å². The molecule has 0 spiro atoms. The van der Waals surface area contributed by atoms with Crippen molar-refractivity contribution in [2.24, 2.45) is 0 Å². The van der Waals surface area contributed by atoms with Gasteiger partial charge in [-0.15, -0.1) is 0 Å². The van der Waals surface area contributed by atoms with E-state index in [1.165, 1.54) is 26.5 Å². The van der Waals surface area contributed by atoms with Gasteiger partial charge in [0.1, 0.15) is 5.69 Å². The molecule has 4 heterocycles. The summed E-state index contributed by atoms with van der Waals surface area (Å²) in [5, 5.41) is 0.434. The van der Waals surface area contributed by atoms with Crippen LogP contribution in [0.15, 0.2) is 23.1 Å². The van der Waals surface area contributed by atoms with Crippen molar-refractivity contribution in [3.05, 3.63) is 40.1 Å². The number of H-pyrrole nitrogens is 1. The molecular weight excluding hydrogens is 414 g/mol. The predicted molar refractivity (Wildman–Crippen MR) is 118 cm³/mol. The number of amides is 1. The van der Waals surface area contributed by atoms with E-state index in [9.17, 15) is 9.59 Å². The number of nitrogens with zero attached hydrogens (tertiary/aromatic N) is 6. The fourth-order valence-electron chi connectivity index (χ4n) is 3.77. The summed E-state index contributed by atoms with van der Waals surface area (Å²) in [5.74, 6) is 0.507. The summed E-state index contributed by atoms with van der Waals surface area (Å²) in [7, 11) is 6.59. The zero-order chi connectivity index (χ0) is 22.8. The van der Waals surface area contributed by atoms with Crippen molar-refractivity contribution >= 4 is 22.8 Å². The molecule has 0 saturated carbocycles. The summed E-state index contributed by atoms with van der Waals surface area (Å²) in [5.41, 5.74) is 1.29. The lowest BCUT2D eigenvalue weighted by atomic mass is 9.93. The normalized spacial score (nSPS) is 16.1. The highest BCUT2D eigenvalue weighted by molar-refractivity contribution is 5.92. The smallest absolute Gasteiger partial charge is 0.320 e. The average Bonchev–Trinajstić information content (AvgIpc) is 2.82. The van der Waals surface area contributed by atoms with Crippen molar-refractivity contribution in [3.63, 3.8) is 0 Å². The second kappa shape index (κ2) is 8.77. The molecule has 168 valence electrons. The predicted octanol–water partition coefficient (Wildman–Crippen LogP) is 1.21. The van der Waals surface area contributed by atoms with Crippen molar-refractivity contribution in [1.29, 1.82) is 0 Å². The first-order valence-corrected chi connectivity index (χ1v) is 10.2. The minimum atomic E-state index is -0.242. The van der Waals surface area contributed by atoms with Crippen molar-refractivity contribution in [3.8, 4) is 11.9 Å². The third kappa shape index (κ3) is 4.18. The standard InChI is InChI=1S/C21H25N7O4/c1-27(2)20-22-10-13-15(24-20)8-14(23-18(13)29)12-6-5-7-28(11-12)19(30)16-9-17(31-3)26-21(25-16)32-4/h8-10,12H,5-7,11H2,1-4H3,(H,23,29)/t12-/m1/s1. The molecule has 1 saturated heterocycles. The molecule has 0 aromatic carbocycles. The number of aromatic amines is 1. The lowest BCUT2D eigenvalue weighted by Crippen LogP contribution is -2.40. The van der Waals surface area contributed by atoms with E-state index in [4.69, 9.17) is 9.47 Å². The van der Waals surface area contributed by atoms with E-state index >= 15 is 0 Å². The van der Waals surface area contributed by atoms with Crippen LogP contribution in [0.3, 0.4) is 0 Å². The molecule has 11 heteroatoms. The Morgan fingerprint density at radius 3 is 2.72 bits per heavy atom. The first kappa shape index (κ1) is 21.5. The Hall–Kier alpha value is -3.76. The highest BCUT2D eigenvalue weighted by atomic mass is 16.5. The maximum atomic E-state index is 13.1. The number of likely N-dealkylation sites (tertiary alicyclic amines) is 1. The van der Waals surface area contributed by atoms with Gasteiger partial charge in [-0.05, 0) is 18.9 Å². The molecule has 1 atom stereocenters. The van der Waals surface area contributed by atoms with E-state index in [-0.39, 0.29) is 35.0 Å². The first-order valence-electron chi connectivity index (χ1n) is 10.2. The number of nitrogens with one attached hydrogen (secondary N) is 1. The van der Waals surface area contributed by atoms with Crippen LogP contribution >= 0.6 is 0 Å². The zero-order valence-electron chi connectivity index (χ0n) is 18.5. The number of aromatic nitrogens is 5. The maximum absolute atomic E-state index is 13.1. The second-order valence-corrected chi connectivity index (χ2v) is 7.79. The van der Waals surface area contributed by atoms with Gasteiger partial charge in [-0.1, -0.05) is 0 Å². The van der Waals surface area contributed by atoms with E-state index < -0.39 is 0 Å². The minimum Gasteiger partial charge on any atom is -0.481 e. The van der Waals surface area contributed by atoms with Crippen LogP contribution in [0, 0.1) is 0 Å². The summed E-state index contributed by atoms with van der Waals surface area (Å²) < 4.78 is 10.2. The number of pyridine rings is 1. The lowest BCUT2D eigenvalue weighted by Gasteiger charge is -2.32. The number of carbonyl (C=O) groups is 1. The minimum absolute atomic E-state index is 0.0341. The van der Waals surface area contributed by atoms with Gasteiger partial charge in [-0.25, -0.2) is 9.97 Å². The number of rotatable bonds is 5. The van der Waals surface area contributed by atoms with Gasteiger partial charge in [0.25, 0.3) is 11.5 Å². The number of fused-ring (bicyclic) bond motifs is 1. The first-order chi connectivity index (χ1) is 15.4. The Morgan fingerprint density at radius 2 is 2.00 bits per heavy atom. The number of methoxy groups -OCH3 is 2. The van der Waals surface area contributed by atoms with Crippen LogP contribution in [0.1, 0.15) is 34.9 Å². The van der Waals surface area contributed by atoms with Crippen LogP contribution < -0.4 is 19.9 Å². The van der Waals surface area contributed by atoms with Crippen LogP contribution in [0.5, 0.6) is 11.9 Å². The number of ether oxygens (including phenoxy) is 2. The molecule has 3 aromatic rings. The van der Waals surface area contributed by atoms with E-state index in [0.717, 1.165) is 18.5 Å². The van der Waals surface area contributed by atoms with Gasteiger partial charge in [-0.2, -0.15) is 9.97 Å². The highest BCUT2D eigenvalue weighted by Crippen LogP contribution is 2.28. The van der Waals surface area contributed by atoms with Gasteiger partial charge in [0.05, 0.1) is 25.1 Å². The molecule has 3 aromatic heterocycles. The molecule has 1 fully saturated rings. The monoisotopic (exact) mass is 439 g/mol. The third-order valence-electron chi connectivity index (χ3n) is 5.44. The van der Waals surface area contributed by atoms with Crippen molar-refractivity contribution in [1.82, 2.24) is 29.8 Å². The Kier molecular flexibility index (Phi) is 5.89. The largest absolute Gasteiger partial charge is 0.481 e. The molecule has 1 aliphatic rings. The van der Waals surface area contributed by atoms with Crippen LogP contribution in [-0.4, -0.2) is 77.1 Å². The van der Waals surface area contributed by atoms with E-state index in [2.05, 4.69) is 24.9 Å². The summed E-state index contributed by atoms with van der Waals surface area (Å²) in [6.45, 7) is 1.04. The van der Waals surface area contributed by atoms with Crippen LogP contribution in [0.25, 0.3) is 10.9 Å². The quantitative estimate of drug-likeness (QED) is 0.624. The molecule has 4 rings (SSSR count). The molecule has 11 nitrogen and oxygen atoms in total. The number of anilines is 1. The molecule has 1 aliphatic heterocycles. The Balaban J connectivity index is 1.62. The summed E-state index contributed by atoms with van der Waals surface area (Å²) in [6.07, 6.45) is 3.17. The molecule has 0 radical (unpaired) electrons.